The van der Waals surface area contributed by atoms with Crippen molar-refractivity contribution in [3.8, 4) is 0 Å². The summed E-state index contributed by atoms with van der Waals surface area (Å²) < 4.78 is 0. The van der Waals surface area contributed by atoms with Crippen LogP contribution in [0.2, 0.25) is 0 Å². The zero-order valence-electron chi connectivity index (χ0n) is 8.42. The molecule has 14 heavy (non-hydrogen) atoms. The van der Waals surface area contributed by atoms with E-state index < -0.39 is 0 Å². The summed E-state index contributed by atoms with van der Waals surface area (Å²) in [6.07, 6.45) is 5.89. The molecule has 0 rings (SSSR count). The van der Waals surface area contributed by atoms with Crippen molar-refractivity contribution in [1.82, 2.24) is 9.80 Å². The Balaban J connectivity index is 4.30. The second-order valence-corrected chi connectivity index (χ2v) is 2.47. The third-order valence-electron chi connectivity index (χ3n) is 1.39. The highest BCUT2D eigenvalue weighted by molar-refractivity contribution is 5.75. The van der Waals surface area contributed by atoms with E-state index in [1.807, 2.05) is 0 Å². The van der Waals surface area contributed by atoms with Crippen LogP contribution in [0.25, 0.3) is 0 Å². The number of urea groups is 1. The molecule has 0 bridgehead atoms. The fourth-order valence-corrected chi connectivity index (χ4v) is 0.671. The molecule has 0 saturated carbocycles. The van der Waals surface area contributed by atoms with E-state index in [1.165, 1.54) is 34.6 Å². The van der Waals surface area contributed by atoms with E-state index in [2.05, 4.69) is 23.4 Å². The van der Waals surface area contributed by atoms with Gasteiger partial charge >= 0.3 is 6.03 Å². The number of hydrogen-bond donors (Lipinski definition) is 0. The maximum absolute atomic E-state index is 11.5. The van der Waals surface area contributed by atoms with E-state index in [0.29, 0.717) is 0 Å². The molecule has 0 spiro atoms. The van der Waals surface area contributed by atoms with Gasteiger partial charge in [-0.25, -0.2) is 4.79 Å². The Labute approximate surface area is 83.8 Å². The molecule has 0 aromatic carbocycles. The van der Waals surface area contributed by atoms with Crippen LogP contribution in [0.1, 0.15) is 0 Å². The maximum atomic E-state index is 11.5. The van der Waals surface area contributed by atoms with Crippen LogP contribution in [-0.2, 0) is 0 Å². The van der Waals surface area contributed by atoms with Crippen LogP contribution in [-0.4, -0.2) is 43.4 Å². The molecule has 0 saturated heterocycles. The highest BCUT2D eigenvalue weighted by atomic mass is 16.2. The highest BCUT2D eigenvalue weighted by Crippen LogP contribution is 1.95. The van der Waals surface area contributed by atoms with Gasteiger partial charge < -0.3 is 9.80 Å². The third kappa shape index (κ3) is 4.20. The molecular formula is C9H14N4O. The van der Waals surface area contributed by atoms with Gasteiger partial charge in [-0.3, -0.25) is 9.98 Å². The van der Waals surface area contributed by atoms with E-state index in [4.69, 9.17) is 0 Å². The summed E-state index contributed by atoms with van der Waals surface area (Å²) in [5, 5.41) is 0. The Morgan fingerprint density at radius 1 is 1.07 bits per heavy atom. The second kappa shape index (κ2) is 6.59. The zero-order chi connectivity index (χ0) is 11.0. The SMILES string of the molecule is C=NC=CN(C)C(=O)N(C)C=CN=C. The van der Waals surface area contributed by atoms with Crippen molar-refractivity contribution in [2.75, 3.05) is 14.1 Å². The quantitative estimate of drug-likeness (QED) is 0.622. The summed E-state index contributed by atoms with van der Waals surface area (Å²) in [5.74, 6) is 0. The van der Waals surface area contributed by atoms with Crippen LogP contribution in [0, 0.1) is 0 Å². The molecule has 2 amide bonds. The number of amides is 2. The normalized spacial score (nSPS) is 10.4. The van der Waals surface area contributed by atoms with Gasteiger partial charge in [-0.05, 0) is 13.4 Å². The molecule has 0 aromatic rings. The van der Waals surface area contributed by atoms with Crippen molar-refractivity contribution in [1.29, 1.82) is 0 Å². The first-order valence-corrected chi connectivity index (χ1v) is 3.88. The summed E-state index contributed by atoms with van der Waals surface area (Å²) in [6.45, 7) is 6.52. The van der Waals surface area contributed by atoms with E-state index in [0.717, 1.165) is 0 Å². The zero-order valence-corrected chi connectivity index (χ0v) is 8.42. The summed E-state index contributed by atoms with van der Waals surface area (Å²) in [6, 6.07) is -0.204. The average Bonchev–Trinajstić information content (AvgIpc) is 2.21. The van der Waals surface area contributed by atoms with Gasteiger partial charge in [-0.15, -0.1) is 0 Å². The first-order chi connectivity index (χ1) is 6.63. The van der Waals surface area contributed by atoms with Crippen molar-refractivity contribution in [3.63, 3.8) is 0 Å². The fourth-order valence-electron chi connectivity index (χ4n) is 0.671. The lowest BCUT2D eigenvalue weighted by Crippen LogP contribution is -2.32. The molecule has 0 N–H and O–H groups in total. The minimum atomic E-state index is -0.204. The molecule has 0 fully saturated rings. The van der Waals surface area contributed by atoms with Crippen molar-refractivity contribution in [2.45, 2.75) is 0 Å². The van der Waals surface area contributed by atoms with Crippen LogP contribution in [0.4, 0.5) is 4.79 Å². The predicted molar refractivity (Wildman–Crippen MR) is 58.3 cm³/mol. The lowest BCUT2D eigenvalue weighted by atomic mass is 10.6. The van der Waals surface area contributed by atoms with Crippen molar-refractivity contribution < 1.29 is 4.79 Å². The molecular weight excluding hydrogens is 180 g/mol. The highest BCUT2D eigenvalue weighted by Gasteiger charge is 2.08. The molecule has 0 radical (unpaired) electrons. The topological polar surface area (TPSA) is 48.3 Å². The van der Waals surface area contributed by atoms with Gasteiger partial charge in [0.1, 0.15) is 0 Å². The van der Waals surface area contributed by atoms with Gasteiger partial charge in [0.2, 0.25) is 0 Å². The number of nitrogens with zero attached hydrogens (tertiary/aromatic N) is 4. The van der Waals surface area contributed by atoms with Crippen LogP contribution in [0.15, 0.2) is 34.8 Å². The molecule has 0 aliphatic heterocycles. The van der Waals surface area contributed by atoms with Crippen molar-refractivity contribution >= 4 is 19.5 Å². The largest absolute Gasteiger partial charge is 0.327 e. The molecule has 0 aliphatic rings. The number of rotatable bonds is 4. The summed E-state index contributed by atoms with van der Waals surface area (Å²) in [7, 11) is 3.24. The minimum absolute atomic E-state index is 0.204. The molecule has 0 aromatic heterocycles. The molecule has 5 nitrogen and oxygen atoms in total. The molecule has 5 heteroatoms. The van der Waals surface area contributed by atoms with Crippen LogP contribution in [0.5, 0.6) is 0 Å². The van der Waals surface area contributed by atoms with Gasteiger partial charge in [0.05, 0.1) is 0 Å². The second-order valence-electron chi connectivity index (χ2n) is 2.47. The van der Waals surface area contributed by atoms with Gasteiger partial charge in [0, 0.05) is 38.9 Å². The average molecular weight is 194 g/mol. The third-order valence-corrected chi connectivity index (χ3v) is 1.39. The summed E-state index contributed by atoms with van der Waals surface area (Å²) >= 11 is 0. The van der Waals surface area contributed by atoms with Crippen LogP contribution < -0.4 is 0 Å². The first kappa shape index (κ1) is 12.1. The van der Waals surface area contributed by atoms with Gasteiger partial charge in [0.15, 0.2) is 0 Å². The predicted octanol–water partition coefficient (Wildman–Crippen LogP) is 1.31. The smallest absolute Gasteiger partial charge is 0.302 e. The molecule has 0 unspecified atom stereocenters. The summed E-state index contributed by atoms with van der Waals surface area (Å²) in [4.78, 5) is 21.2. The van der Waals surface area contributed by atoms with Gasteiger partial charge in [-0.1, -0.05) is 0 Å². The fraction of sp³-hybridized carbons (Fsp3) is 0.222. The molecule has 0 aliphatic carbocycles. The minimum Gasteiger partial charge on any atom is -0.302 e. The number of carbonyl (C=O) groups is 1. The first-order valence-electron chi connectivity index (χ1n) is 3.88. The Hall–Kier alpha value is -1.91. The molecule has 0 heterocycles. The van der Waals surface area contributed by atoms with Gasteiger partial charge in [-0.2, -0.15) is 0 Å². The van der Waals surface area contributed by atoms with E-state index >= 15 is 0 Å². The lowest BCUT2D eigenvalue weighted by Gasteiger charge is -2.18. The lowest BCUT2D eigenvalue weighted by molar-refractivity contribution is 0.201. The van der Waals surface area contributed by atoms with Crippen molar-refractivity contribution in [3.05, 3.63) is 24.8 Å². The number of hydrogen-bond acceptors (Lipinski definition) is 3. The Bertz CT molecular complexity index is 244. The number of carbonyl (C=O) groups excluding carboxylic acids is 1. The molecule has 76 valence electrons. The maximum Gasteiger partial charge on any atom is 0.327 e. The Kier molecular flexibility index (Phi) is 5.69. The monoisotopic (exact) mass is 194 g/mol. The van der Waals surface area contributed by atoms with Crippen LogP contribution in [0.3, 0.4) is 0 Å². The standard InChI is InChI=1S/C9H14N4O/c1-10-5-7-12(3)9(14)13(4)8-6-11-2/h5-8H,1-2H2,3-4H3. The summed E-state index contributed by atoms with van der Waals surface area (Å²) in [5.41, 5.74) is 0. The van der Waals surface area contributed by atoms with E-state index in [9.17, 15) is 4.79 Å². The van der Waals surface area contributed by atoms with Crippen molar-refractivity contribution in [2.24, 2.45) is 9.98 Å². The van der Waals surface area contributed by atoms with E-state index in [1.54, 1.807) is 14.1 Å². The van der Waals surface area contributed by atoms with Crippen LogP contribution >= 0.6 is 0 Å². The molecule has 0 atom stereocenters. The van der Waals surface area contributed by atoms with E-state index in [-0.39, 0.29) is 6.03 Å². The van der Waals surface area contributed by atoms with Gasteiger partial charge in [0.25, 0.3) is 0 Å². The number of aliphatic imine (C=N–C) groups is 2. The Morgan fingerprint density at radius 2 is 1.43 bits per heavy atom. The Morgan fingerprint density at radius 3 is 1.71 bits per heavy atom.